The van der Waals surface area contributed by atoms with Crippen LogP contribution in [0.2, 0.25) is 0 Å². The number of unbranched alkanes of at least 4 members (excludes halogenated alkanes) is 1. The second-order valence-corrected chi connectivity index (χ2v) is 7.86. The van der Waals surface area contributed by atoms with Gasteiger partial charge in [-0.2, -0.15) is 0 Å². The molecule has 0 atom stereocenters. The minimum absolute atomic E-state index is 0.0670. The van der Waals surface area contributed by atoms with Crippen LogP contribution in [0.1, 0.15) is 60.3 Å². The molecule has 3 aromatic heterocycles. The Hall–Kier alpha value is -2.63. The molecule has 1 amide bonds. The third kappa shape index (κ3) is 3.81. The van der Waals surface area contributed by atoms with E-state index in [-0.39, 0.29) is 5.91 Å². The number of rotatable bonds is 8. The van der Waals surface area contributed by atoms with Crippen LogP contribution in [-0.4, -0.2) is 31.9 Å². The Balaban J connectivity index is 1.65. The number of pyridine rings is 1. The van der Waals surface area contributed by atoms with Crippen molar-refractivity contribution in [3.8, 4) is 0 Å². The molecule has 0 N–H and O–H groups in total. The summed E-state index contributed by atoms with van der Waals surface area (Å²) in [7, 11) is 0. The maximum Gasteiger partial charge on any atom is 0.289 e. The number of aromatic nitrogens is 3. The number of nitrogens with zero attached hydrogens (tertiary/aromatic N) is 4. The van der Waals surface area contributed by atoms with Gasteiger partial charge in [-0.1, -0.05) is 13.3 Å². The van der Waals surface area contributed by atoms with E-state index in [1.807, 2.05) is 43.1 Å². The molecule has 1 saturated carbocycles. The van der Waals surface area contributed by atoms with E-state index in [9.17, 15) is 4.79 Å². The summed E-state index contributed by atoms with van der Waals surface area (Å²) in [4.78, 5) is 24.4. The van der Waals surface area contributed by atoms with Gasteiger partial charge in [0, 0.05) is 19.3 Å². The molecule has 0 aromatic carbocycles. The number of carbonyl (C=O) groups excluding carboxylic acids is 1. The second-order valence-electron chi connectivity index (χ2n) is 7.86. The van der Waals surface area contributed by atoms with Crippen LogP contribution >= 0.6 is 0 Å². The first-order valence-corrected chi connectivity index (χ1v) is 10.2. The lowest BCUT2D eigenvalue weighted by molar-refractivity contribution is 0.0701. The van der Waals surface area contributed by atoms with E-state index in [1.54, 1.807) is 0 Å². The molecule has 1 fully saturated rings. The minimum Gasteiger partial charge on any atom is -0.456 e. The number of hydrogen-bond acceptors (Lipinski definition) is 4. The van der Waals surface area contributed by atoms with Crippen LogP contribution < -0.4 is 0 Å². The highest BCUT2D eigenvalue weighted by molar-refractivity contribution is 5.91. The molecule has 0 aliphatic heterocycles. The Bertz CT molecular complexity index is 964. The van der Waals surface area contributed by atoms with Crippen molar-refractivity contribution in [2.45, 2.75) is 59.5 Å². The summed E-state index contributed by atoms with van der Waals surface area (Å²) in [5.41, 5.74) is 2.81. The van der Waals surface area contributed by atoms with Crippen molar-refractivity contribution in [2.24, 2.45) is 5.92 Å². The molecule has 0 saturated heterocycles. The summed E-state index contributed by atoms with van der Waals surface area (Å²) < 4.78 is 7.91. The van der Waals surface area contributed by atoms with Crippen molar-refractivity contribution in [1.29, 1.82) is 0 Å². The van der Waals surface area contributed by atoms with Crippen molar-refractivity contribution < 1.29 is 9.21 Å². The fourth-order valence-corrected chi connectivity index (χ4v) is 3.48. The monoisotopic (exact) mass is 380 g/mol. The van der Waals surface area contributed by atoms with E-state index in [4.69, 9.17) is 9.40 Å². The van der Waals surface area contributed by atoms with Gasteiger partial charge in [0.2, 0.25) is 0 Å². The highest BCUT2D eigenvalue weighted by Gasteiger charge is 2.27. The average Bonchev–Trinajstić information content (AvgIpc) is 3.36. The molecule has 0 spiro atoms. The summed E-state index contributed by atoms with van der Waals surface area (Å²) in [5.74, 6) is 2.75. The Labute approximate surface area is 165 Å². The SMILES string of the molecule is CCCCN(Cc1nc2cccnc2n1CC1CC1)C(=O)c1cc(C)c(C)o1. The van der Waals surface area contributed by atoms with Crippen molar-refractivity contribution in [3.05, 3.63) is 47.3 Å². The van der Waals surface area contributed by atoms with Gasteiger partial charge in [-0.05, 0) is 62.8 Å². The molecule has 0 bridgehead atoms. The van der Waals surface area contributed by atoms with Crippen LogP contribution in [0.25, 0.3) is 11.2 Å². The normalized spacial score (nSPS) is 14.0. The predicted molar refractivity (Wildman–Crippen MR) is 108 cm³/mol. The zero-order chi connectivity index (χ0) is 19.7. The van der Waals surface area contributed by atoms with Gasteiger partial charge in [0.05, 0.1) is 6.54 Å². The lowest BCUT2D eigenvalue weighted by Crippen LogP contribution is -2.32. The van der Waals surface area contributed by atoms with Crippen LogP contribution in [-0.2, 0) is 13.1 Å². The van der Waals surface area contributed by atoms with Crippen molar-refractivity contribution in [3.63, 3.8) is 0 Å². The van der Waals surface area contributed by atoms with Crippen molar-refractivity contribution >= 4 is 17.1 Å². The number of aryl methyl sites for hydroxylation is 2. The van der Waals surface area contributed by atoms with Gasteiger partial charge in [0.25, 0.3) is 5.91 Å². The second kappa shape index (κ2) is 7.78. The lowest BCUT2D eigenvalue weighted by Gasteiger charge is -2.22. The maximum atomic E-state index is 13.2. The summed E-state index contributed by atoms with van der Waals surface area (Å²) in [6.07, 6.45) is 6.31. The van der Waals surface area contributed by atoms with Gasteiger partial charge in [0.1, 0.15) is 17.1 Å². The number of hydrogen-bond donors (Lipinski definition) is 0. The Morgan fingerprint density at radius 1 is 1.36 bits per heavy atom. The molecular formula is C22H28N4O2. The van der Waals surface area contributed by atoms with E-state index in [0.29, 0.717) is 24.8 Å². The van der Waals surface area contributed by atoms with Gasteiger partial charge in [-0.15, -0.1) is 0 Å². The van der Waals surface area contributed by atoms with Crippen molar-refractivity contribution in [2.75, 3.05) is 6.54 Å². The third-order valence-electron chi connectivity index (χ3n) is 5.50. The first-order valence-electron chi connectivity index (χ1n) is 10.2. The predicted octanol–water partition coefficient (Wildman–Crippen LogP) is 4.49. The van der Waals surface area contributed by atoms with Crippen LogP contribution in [0.5, 0.6) is 0 Å². The Kier molecular flexibility index (Phi) is 5.20. The van der Waals surface area contributed by atoms with Crippen LogP contribution in [0.3, 0.4) is 0 Å². The molecule has 6 nitrogen and oxygen atoms in total. The molecular weight excluding hydrogens is 352 g/mol. The van der Waals surface area contributed by atoms with Gasteiger partial charge in [-0.25, -0.2) is 9.97 Å². The molecule has 28 heavy (non-hydrogen) atoms. The Morgan fingerprint density at radius 2 is 2.18 bits per heavy atom. The topological polar surface area (TPSA) is 64.2 Å². The number of amides is 1. The van der Waals surface area contributed by atoms with Gasteiger partial charge in [0.15, 0.2) is 11.4 Å². The van der Waals surface area contributed by atoms with E-state index >= 15 is 0 Å². The smallest absolute Gasteiger partial charge is 0.289 e. The average molecular weight is 380 g/mol. The van der Waals surface area contributed by atoms with Crippen LogP contribution in [0.4, 0.5) is 0 Å². The highest BCUT2D eigenvalue weighted by Crippen LogP contribution is 2.32. The summed E-state index contributed by atoms with van der Waals surface area (Å²) >= 11 is 0. The molecule has 0 radical (unpaired) electrons. The number of fused-ring (bicyclic) bond motifs is 1. The van der Waals surface area contributed by atoms with E-state index in [0.717, 1.165) is 47.7 Å². The van der Waals surface area contributed by atoms with E-state index < -0.39 is 0 Å². The van der Waals surface area contributed by atoms with E-state index in [2.05, 4.69) is 16.5 Å². The fourth-order valence-electron chi connectivity index (χ4n) is 3.48. The molecule has 1 aliphatic carbocycles. The molecule has 6 heteroatoms. The minimum atomic E-state index is -0.0670. The number of furan rings is 1. The fraction of sp³-hybridized carbons (Fsp3) is 0.500. The Morgan fingerprint density at radius 3 is 2.86 bits per heavy atom. The molecule has 3 heterocycles. The molecule has 3 aromatic rings. The van der Waals surface area contributed by atoms with Gasteiger partial charge < -0.3 is 13.9 Å². The summed E-state index contributed by atoms with van der Waals surface area (Å²) in [6.45, 7) is 8.08. The first-order chi connectivity index (χ1) is 13.6. The molecule has 148 valence electrons. The van der Waals surface area contributed by atoms with Crippen molar-refractivity contribution in [1.82, 2.24) is 19.4 Å². The zero-order valence-corrected chi connectivity index (χ0v) is 16.9. The third-order valence-corrected chi connectivity index (χ3v) is 5.50. The summed E-state index contributed by atoms with van der Waals surface area (Å²) in [5, 5.41) is 0. The molecule has 1 aliphatic rings. The molecule has 4 rings (SSSR count). The highest BCUT2D eigenvalue weighted by atomic mass is 16.4. The zero-order valence-electron chi connectivity index (χ0n) is 16.9. The standard InChI is InChI=1S/C22H28N4O2/c1-4-5-11-25(22(27)19-12-15(2)16(3)28-19)14-20-24-18-7-6-10-23-21(18)26(20)13-17-8-9-17/h6-7,10,12,17H,4-5,8-9,11,13-14H2,1-3H3. The van der Waals surface area contributed by atoms with Gasteiger partial charge >= 0.3 is 0 Å². The summed E-state index contributed by atoms with van der Waals surface area (Å²) in [6, 6.07) is 5.74. The number of carbonyl (C=O) groups is 1. The lowest BCUT2D eigenvalue weighted by atomic mass is 10.2. The van der Waals surface area contributed by atoms with Crippen LogP contribution in [0, 0.1) is 19.8 Å². The molecule has 0 unspecified atom stereocenters. The maximum absolute atomic E-state index is 13.2. The quantitative estimate of drug-likeness (QED) is 0.577. The van der Waals surface area contributed by atoms with E-state index in [1.165, 1.54) is 12.8 Å². The first kappa shape index (κ1) is 18.7. The van der Waals surface area contributed by atoms with Crippen LogP contribution in [0.15, 0.2) is 28.8 Å². The van der Waals surface area contributed by atoms with Gasteiger partial charge in [-0.3, -0.25) is 4.79 Å². The largest absolute Gasteiger partial charge is 0.456 e. The number of imidazole rings is 1.